The van der Waals surface area contributed by atoms with Crippen LogP contribution >= 0.6 is 0 Å². The molecule has 0 saturated heterocycles. The Hall–Kier alpha value is -0.930. The molecule has 96 valence electrons. The van der Waals surface area contributed by atoms with Crippen LogP contribution in [0.3, 0.4) is 0 Å². The monoisotopic (exact) mass is 235 g/mol. The van der Waals surface area contributed by atoms with Gasteiger partial charge in [0.2, 0.25) is 0 Å². The Morgan fingerprint density at radius 3 is 2.65 bits per heavy atom. The summed E-state index contributed by atoms with van der Waals surface area (Å²) in [6, 6.07) is 4.65. The number of hydrogen-bond donors (Lipinski definition) is 1. The molecule has 0 aliphatic rings. The number of hydrogen-bond acceptors (Lipinski definition) is 3. The maximum atomic E-state index is 4.14. The fourth-order valence-electron chi connectivity index (χ4n) is 1.67. The van der Waals surface area contributed by atoms with Crippen molar-refractivity contribution in [2.75, 3.05) is 20.1 Å². The van der Waals surface area contributed by atoms with E-state index in [1.54, 1.807) is 0 Å². The predicted octanol–water partition coefficient (Wildman–Crippen LogP) is 2.15. The summed E-state index contributed by atoms with van der Waals surface area (Å²) in [7, 11) is 2.16. The van der Waals surface area contributed by atoms with Crippen molar-refractivity contribution in [2.45, 2.75) is 33.4 Å². The van der Waals surface area contributed by atoms with Gasteiger partial charge in [0.1, 0.15) is 0 Å². The minimum Gasteiger partial charge on any atom is -0.315 e. The number of likely N-dealkylation sites (N-methyl/N-ethyl adjacent to an activating group) is 1. The lowest BCUT2D eigenvalue weighted by Gasteiger charge is -2.25. The molecule has 17 heavy (non-hydrogen) atoms. The van der Waals surface area contributed by atoms with Crippen LogP contribution in [-0.4, -0.2) is 36.1 Å². The quantitative estimate of drug-likeness (QED) is 0.785. The van der Waals surface area contributed by atoms with Gasteiger partial charge in [0.05, 0.1) is 0 Å². The van der Waals surface area contributed by atoms with Crippen LogP contribution in [0.2, 0.25) is 0 Å². The van der Waals surface area contributed by atoms with Crippen molar-refractivity contribution in [1.82, 2.24) is 15.2 Å². The lowest BCUT2D eigenvalue weighted by molar-refractivity contribution is 0.241. The van der Waals surface area contributed by atoms with Crippen molar-refractivity contribution in [3.8, 4) is 0 Å². The van der Waals surface area contributed by atoms with E-state index in [4.69, 9.17) is 0 Å². The van der Waals surface area contributed by atoms with Gasteiger partial charge < -0.3 is 5.32 Å². The molecule has 1 aromatic heterocycles. The average Bonchev–Trinajstić information content (AvgIpc) is 2.29. The summed E-state index contributed by atoms with van der Waals surface area (Å²) in [5.41, 5.74) is 1.27. The highest BCUT2D eigenvalue weighted by atomic mass is 15.1. The third-order valence-corrected chi connectivity index (χ3v) is 2.90. The fourth-order valence-corrected chi connectivity index (χ4v) is 1.67. The molecule has 0 aliphatic heterocycles. The Morgan fingerprint density at radius 2 is 2.06 bits per heavy atom. The topological polar surface area (TPSA) is 28.2 Å². The van der Waals surface area contributed by atoms with Gasteiger partial charge in [-0.25, -0.2) is 0 Å². The first kappa shape index (κ1) is 14.1. The van der Waals surface area contributed by atoms with Gasteiger partial charge in [0, 0.05) is 31.5 Å². The maximum Gasteiger partial charge on any atom is 0.0312 e. The van der Waals surface area contributed by atoms with E-state index in [2.05, 4.69) is 49.1 Å². The molecule has 1 N–H and O–H groups in total. The van der Waals surface area contributed by atoms with Crippen LogP contribution < -0.4 is 5.32 Å². The predicted molar refractivity (Wildman–Crippen MR) is 72.9 cm³/mol. The normalized spacial score (nSPS) is 13.3. The van der Waals surface area contributed by atoms with E-state index in [9.17, 15) is 0 Å². The lowest BCUT2D eigenvalue weighted by atomic mass is 10.2. The third-order valence-electron chi connectivity index (χ3n) is 2.90. The summed E-state index contributed by atoms with van der Waals surface area (Å²) in [5.74, 6) is 0.714. The zero-order valence-electron chi connectivity index (χ0n) is 11.5. The molecule has 0 fully saturated rings. The van der Waals surface area contributed by atoms with E-state index in [0.717, 1.165) is 19.6 Å². The standard InChI is InChI=1S/C14H25N3/c1-12(2)8-16-9-13(3)17(4)11-14-6-5-7-15-10-14/h5-7,10,12-13,16H,8-9,11H2,1-4H3. The molecule has 1 heterocycles. The minimum atomic E-state index is 0.536. The molecule has 1 rings (SSSR count). The van der Waals surface area contributed by atoms with Gasteiger partial charge in [0.25, 0.3) is 0 Å². The first-order valence-electron chi connectivity index (χ1n) is 6.39. The summed E-state index contributed by atoms with van der Waals surface area (Å²) in [6.45, 7) is 9.80. The highest BCUT2D eigenvalue weighted by molar-refractivity contribution is 5.08. The summed E-state index contributed by atoms with van der Waals surface area (Å²) in [6.07, 6.45) is 3.75. The SMILES string of the molecule is CC(C)CNCC(C)N(C)Cc1cccnc1. The smallest absolute Gasteiger partial charge is 0.0312 e. The van der Waals surface area contributed by atoms with Crippen molar-refractivity contribution in [3.63, 3.8) is 0 Å². The maximum absolute atomic E-state index is 4.14. The van der Waals surface area contributed by atoms with Gasteiger partial charge in [-0.05, 0) is 38.1 Å². The minimum absolute atomic E-state index is 0.536. The number of aromatic nitrogens is 1. The van der Waals surface area contributed by atoms with E-state index in [1.165, 1.54) is 5.56 Å². The molecule has 0 aromatic carbocycles. The van der Waals surface area contributed by atoms with Gasteiger partial charge in [0.15, 0.2) is 0 Å². The number of rotatable bonds is 7. The molecular formula is C14H25N3. The van der Waals surface area contributed by atoms with E-state index in [0.29, 0.717) is 12.0 Å². The van der Waals surface area contributed by atoms with Crippen molar-refractivity contribution in [1.29, 1.82) is 0 Å². The van der Waals surface area contributed by atoms with Crippen molar-refractivity contribution in [3.05, 3.63) is 30.1 Å². The van der Waals surface area contributed by atoms with Crippen molar-refractivity contribution in [2.24, 2.45) is 5.92 Å². The molecule has 0 radical (unpaired) electrons. The molecule has 1 aromatic rings. The molecule has 1 atom stereocenters. The van der Waals surface area contributed by atoms with Crippen molar-refractivity contribution >= 4 is 0 Å². The molecule has 0 amide bonds. The van der Waals surface area contributed by atoms with E-state index in [1.807, 2.05) is 18.5 Å². The van der Waals surface area contributed by atoms with Crippen LogP contribution in [0.4, 0.5) is 0 Å². The summed E-state index contributed by atoms with van der Waals surface area (Å²) >= 11 is 0. The first-order chi connectivity index (χ1) is 8.09. The largest absolute Gasteiger partial charge is 0.315 e. The number of nitrogens with zero attached hydrogens (tertiary/aromatic N) is 2. The summed E-state index contributed by atoms with van der Waals surface area (Å²) < 4.78 is 0. The van der Waals surface area contributed by atoms with E-state index in [-0.39, 0.29) is 0 Å². The number of nitrogens with one attached hydrogen (secondary N) is 1. The zero-order chi connectivity index (χ0) is 12.7. The molecular weight excluding hydrogens is 210 g/mol. The van der Waals surface area contributed by atoms with Gasteiger partial charge in [-0.1, -0.05) is 19.9 Å². The Labute approximate surface area is 105 Å². The molecule has 3 nitrogen and oxygen atoms in total. The molecule has 3 heteroatoms. The Morgan fingerprint density at radius 1 is 1.29 bits per heavy atom. The Balaban J connectivity index is 2.29. The van der Waals surface area contributed by atoms with Crippen LogP contribution in [0.15, 0.2) is 24.5 Å². The highest BCUT2D eigenvalue weighted by Crippen LogP contribution is 2.04. The first-order valence-corrected chi connectivity index (χ1v) is 6.39. The van der Waals surface area contributed by atoms with Gasteiger partial charge in [-0.3, -0.25) is 9.88 Å². The molecule has 0 saturated carbocycles. The van der Waals surface area contributed by atoms with Gasteiger partial charge in [-0.2, -0.15) is 0 Å². The number of pyridine rings is 1. The second kappa shape index (κ2) is 7.41. The lowest BCUT2D eigenvalue weighted by Crippen LogP contribution is -2.38. The van der Waals surface area contributed by atoms with Gasteiger partial charge in [-0.15, -0.1) is 0 Å². The molecule has 0 spiro atoms. The fraction of sp³-hybridized carbons (Fsp3) is 0.643. The van der Waals surface area contributed by atoms with E-state index < -0.39 is 0 Å². The Bertz CT molecular complexity index is 298. The summed E-state index contributed by atoms with van der Waals surface area (Å²) in [5, 5.41) is 3.49. The van der Waals surface area contributed by atoms with E-state index >= 15 is 0 Å². The molecule has 1 unspecified atom stereocenters. The second-order valence-corrected chi connectivity index (χ2v) is 5.18. The van der Waals surface area contributed by atoms with Crippen LogP contribution in [-0.2, 0) is 6.54 Å². The zero-order valence-corrected chi connectivity index (χ0v) is 11.5. The van der Waals surface area contributed by atoms with Crippen molar-refractivity contribution < 1.29 is 0 Å². The molecule has 0 bridgehead atoms. The van der Waals surface area contributed by atoms with Crippen LogP contribution in [0, 0.1) is 5.92 Å². The second-order valence-electron chi connectivity index (χ2n) is 5.18. The van der Waals surface area contributed by atoms with Crippen LogP contribution in [0.5, 0.6) is 0 Å². The Kier molecular flexibility index (Phi) is 6.16. The van der Waals surface area contributed by atoms with Gasteiger partial charge >= 0.3 is 0 Å². The molecule has 0 aliphatic carbocycles. The average molecular weight is 235 g/mol. The van der Waals surface area contributed by atoms with Crippen LogP contribution in [0.1, 0.15) is 26.3 Å². The third kappa shape index (κ3) is 5.80. The van der Waals surface area contributed by atoms with Crippen LogP contribution in [0.25, 0.3) is 0 Å². The summed E-state index contributed by atoms with van der Waals surface area (Å²) in [4.78, 5) is 6.49. The highest BCUT2D eigenvalue weighted by Gasteiger charge is 2.09.